The molecule has 0 spiro atoms. The summed E-state index contributed by atoms with van der Waals surface area (Å²) in [7, 11) is 0. The number of piperidine rings is 1. The van der Waals surface area contributed by atoms with Gasteiger partial charge >= 0.3 is 0 Å². The fourth-order valence-electron chi connectivity index (χ4n) is 5.41. The van der Waals surface area contributed by atoms with E-state index in [1.165, 1.54) is 0 Å². The Labute approximate surface area is 223 Å². The van der Waals surface area contributed by atoms with Crippen LogP contribution in [0.4, 0.5) is 14.7 Å². The van der Waals surface area contributed by atoms with Gasteiger partial charge in [-0.2, -0.15) is 0 Å². The molecule has 2 fully saturated rings. The van der Waals surface area contributed by atoms with Crippen LogP contribution in [0.1, 0.15) is 32.1 Å². The minimum absolute atomic E-state index is 0.0429. The third kappa shape index (κ3) is 5.36. The van der Waals surface area contributed by atoms with Gasteiger partial charge < -0.3 is 20.5 Å². The van der Waals surface area contributed by atoms with E-state index in [1.54, 1.807) is 6.20 Å². The number of aromatic nitrogens is 3. The molecule has 1 aromatic carbocycles. The maximum absolute atomic E-state index is 14.7. The van der Waals surface area contributed by atoms with E-state index in [1.807, 2.05) is 30.5 Å². The molecule has 11 heteroatoms. The standard InChI is InChI=1S/C27H29ClF2N6O2/c1-2-23(37)36-11-10-20(27(29,30)15-36)25(38)33-16-6-5-7-17(12-16)34-26-32-14-21(28)24(35-26)19-13-31-22-9-4-3-8-18(19)22/h2-4,8-9,13-14,16-17,20,31H,1,5-7,10-12,15H2,(H,33,38)(H,32,34,35)/t16-,17+,20?/m0/s1. The first-order valence-corrected chi connectivity index (χ1v) is 13.1. The third-order valence-electron chi connectivity index (χ3n) is 7.34. The number of likely N-dealkylation sites (tertiary alicyclic amines) is 1. The van der Waals surface area contributed by atoms with E-state index in [0.717, 1.165) is 40.3 Å². The van der Waals surface area contributed by atoms with Crippen LogP contribution in [0.5, 0.6) is 0 Å². The molecular formula is C27H29ClF2N6O2. The van der Waals surface area contributed by atoms with Crippen LogP contribution < -0.4 is 10.6 Å². The van der Waals surface area contributed by atoms with Gasteiger partial charge in [0.15, 0.2) is 0 Å². The number of nitrogens with zero attached hydrogens (tertiary/aromatic N) is 3. The molecule has 2 amide bonds. The van der Waals surface area contributed by atoms with E-state index >= 15 is 0 Å². The number of amides is 2. The van der Waals surface area contributed by atoms with Crippen LogP contribution in [0.15, 0.2) is 49.3 Å². The molecule has 8 nitrogen and oxygen atoms in total. The van der Waals surface area contributed by atoms with Gasteiger partial charge in [0.2, 0.25) is 17.8 Å². The number of rotatable bonds is 6. The van der Waals surface area contributed by atoms with Gasteiger partial charge in [-0.15, -0.1) is 0 Å². The molecule has 5 rings (SSSR count). The number of hydrogen-bond acceptors (Lipinski definition) is 5. The first-order valence-electron chi connectivity index (χ1n) is 12.7. The summed E-state index contributed by atoms with van der Waals surface area (Å²) < 4.78 is 29.5. The van der Waals surface area contributed by atoms with Gasteiger partial charge in [-0.3, -0.25) is 9.59 Å². The number of para-hydroxylation sites is 1. The van der Waals surface area contributed by atoms with Gasteiger partial charge in [0.05, 0.1) is 23.5 Å². The SMILES string of the molecule is C=CC(=O)N1CCC(C(=O)N[C@H]2CCC[C@@H](Nc3ncc(Cl)c(-c4c[nH]c5ccccc45)n3)C2)C(F)(F)C1. The Morgan fingerprint density at radius 3 is 2.79 bits per heavy atom. The van der Waals surface area contributed by atoms with Crippen LogP contribution in [0.3, 0.4) is 0 Å². The van der Waals surface area contributed by atoms with Crippen molar-refractivity contribution in [3.63, 3.8) is 0 Å². The zero-order valence-corrected chi connectivity index (χ0v) is 21.5. The zero-order chi connectivity index (χ0) is 26.9. The van der Waals surface area contributed by atoms with Crippen LogP contribution in [0, 0.1) is 5.92 Å². The van der Waals surface area contributed by atoms with E-state index in [9.17, 15) is 18.4 Å². The maximum atomic E-state index is 14.7. The van der Waals surface area contributed by atoms with E-state index < -0.39 is 30.2 Å². The van der Waals surface area contributed by atoms with E-state index in [4.69, 9.17) is 11.6 Å². The molecule has 38 heavy (non-hydrogen) atoms. The summed E-state index contributed by atoms with van der Waals surface area (Å²) in [6, 6.07) is 7.57. The van der Waals surface area contributed by atoms with Crippen LogP contribution in [-0.2, 0) is 9.59 Å². The highest BCUT2D eigenvalue weighted by Gasteiger charge is 2.49. The molecule has 0 bridgehead atoms. The molecule has 1 aliphatic heterocycles. The summed E-state index contributed by atoms with van der Waals surface area (Å²) in [4.78, 5) is 37.8. The first kappa shape index (κ1) is 26.1. The smallest absolute Gasteiger partial charge is 0.276 e. The highest BCUT2D eigenvalue weighted by atomic mass is 35.5. The number of carbonyl (C=O) groups excluding carboxylic acids is 2. The number of anilines is 1. The average molecular weight is 543 g/mol. The number of benzene rings is 1. The van der Waals surface area contributed by atoms with Gasteiger partial charge in [-0.25, -0.2) is 18.7 Å². The van der Waals surface area contributed by atoms with Crippen molar-refractivity contribution in [1.29, 1.82) is 0 Å². The quantitative estimate of drug-likeness (QED) is 0.389. The van der Waals surface area contributed by atoms with E-state index in [-0.39, 0.29) is 25.0 Å². The Bertz CT molecular complexity index is 1360. The molecule has 3 atom stereocenters. The van der Waals surface area contributed by atoms with Crippen LogP contribution in [-0.4, -0.2) is 62.8 Å². The molecule has 200 valence electrons. The number of aromatic amines is 1. The molecular weight excluding hydrogens is 514 g/mol. The van der Waals surface area contributed by atoms with Gasteiger partial charge in [0.25, 0.3) is 5.92 Å². The summed E-state index contributed by atoms with van der Waals surface area (Å²) in [6.07, 6.45) is 7.24. The summed E-state index contributed by atoms with van der Waals surface area (Å²) in [5.41, 5.74) is 2.44. The minimum atomic E-state index is -3.30. The van der Waals surface area contributed by atoms with Crippen molar-refractivity contribution in [2.24, 2.45) is 5.92 Å². The second-order valence-electron chi connectivity index (χ2n) is 9.92. The van der Waals surface area contributed by atoms with Gasteiger partial charge in [0, 0.05) is 41.3 Å². The Morgan fingerprint density at radius 2 is 2.00 bits per heavy atom. The molecule has 1 saturated heterocycles. The molecule has 2 aromatic heterocycles. The number of halogens is 3. The van der Waals surface area contributed by atoms with Crippen molar-refractivity contribution in [3.8, 4) is 11.3 Å². The number of hydrogen-bond donors (Lipinski definition) is 3. The normalized spacial score (nSPS) is 23.1. The molecule has 3 aromatic rings. The number of fused-ring (bicyclic) bond motifs is 1. The van der Waals surface area contributed by atoms with E-state index in [2.05, 4.69) is 32.2 Å². The Kier molecular flexibility index (Phi) is 7.34. The predicted molar refractivity (Wildman–Crippen MR) is 142 cm³/mol. The Balaban J connectivity index is 1.23. The maximum Gasteiger partial charge on any atom is 0.276 e. The Hall–Kier alpha value is -3.53. The zero-order valence-electron chi connectivity index (χ0n) is 20.7. The number of carbonyl (C=O) groups is 2. The largest absolute Gasteiger partial charge is 0.360 e. The molecule has 1 unspecified atom stereocenters. The fourth-order valence-corrected chi connectivity index (χ4v) is 5.60. The van der Waals surface area contributed by atoms with E-state index in [0.29, 0.717) is 29.5 Å². The van der Waals surface area contributed by atoms with Crippen molar-refractivity contribution in [1.82, 2.24) is 25.2 Å². The number of H-pyrrole nitrogens is 1. The lowest BCUT2D eigenvalue weighted by Gasteiger charge is -2.38. The van der Waals surface area contributed by atoms with Gasteiger partial charge in [-0.05, 0) is 44.2 Å². The van der Waals surface area contributed by atoms with Gasteiger partial charge in [0.1, 0.15) is 5.92 Å². The molecule has 2 aliphatic rings. The van der Waals surface area contributed by atoms with Crippen molar-refractivity contribution in [2.75, 3.05) is 18.4 Å². The lowest BCUT2D eigenvalue weighted by Crippen LogP contribution is -2.56. The highest BCUT2D eigenvalue weighted by Crippen LogP contribution is 2.35. The first-order chi connectivity index (χ1) is 18.2. The lowest BCUT2D eigenvalue weighted by atomic mass is 9.88. The lowest BCUT2D eigenvalue weighted by molar-refractivity contribution is -0.159. The molecule has 3 heterocycles. The minimum Gasteiger partial charge on any atom is -0.360 e. The second kappa shape index (κ2) is 10.7. The molecule has 1 aliphatic carbocycles. The average Bonchev–Trinajstić information content (AvgIpc) is 3.33. The fraction of sp³-hybridized carbons (Fsp3) is 0.407. The van der Waals surface area contributed by atoms with Crippen molar-refractivity contribution < 1.29 is 18.4 Å². The molecule has 1 saturated carbocycles. The third-order valence-corrected chi connectivity index (χ3v) is 7.62. The van der Waals surface area contributed by atoms with Crippen LogP contribution >= 0.6 is 11.6 Å². The highest BCUT2D eigenvalue weighted by molar-refractivity contribution is 6.33. The number of nitrogens with one attached hydrogen (secondary N) is 3. The topological polar surface area (TPSA) is 103 Å². The van der Waals surface area contributed by atoms with Gasteiger partial charge in [-0.1, -0.05) is 36.4 Å². The summed E-state index contributed by atoms with van der Waals surface area (Å²) in [5.74, 6) is -5.58. The number of alkyl halides is 2. The monoisotopic (exact) mass is 542 g/mol. The molecule has 3 N–H and O–H groups in total. The molecule has 0 radical (unpaired) electrons. The summed E-state index contributed by atoms with van der Waals surface area (Å²) >= 11 is 6.44. The second-order valence-corrected chi connectivity index (χ2v) is 10.3. The Morgan fingerprint density at radius 1 is 1.21 bits per heavy atom. The van der Waals surface area contributed by atoms with Crippen LogP contribution in [0.25, 0.3) is 22.2 Å². The van der Waals surface area contributed by atoms with Crippen molar-refractivity contribution in [2.45, 2.75) is 50.1 Å². The summed E-state index contributed by atoms with van der Waals surface area (Å²) in [6.45, 7) is 2.66. The van der Waals surface area contributed by atoms with Crippen molar-refractivity contribution in [3.05, 3.63) is 54.3 Å². The predicted octanol–water partition coefficient (Wildman–Crippen LogP) is 4.79. The van der Waals surface area contributed by atoms with Crippen LogP contribution in [0.2, 0.25) is 5.02 Å². The summed E-state index contributed by atoms with van der Waals surface area (Å²) in [5, 5.41) is 7.59. The van der Waals surface area contributed by atoms with Crippen molar-refractivity contribution >= 4 is 40.3 Å².